The van der Waals surface area contributed by atoms with Crippen LogP contribution in [-0.4, -0.2) is 29.8 Å². The number of rotatable bonds is 4. The molecule has 94 valence electrons. The first-order valence-corrected chi connectivity index (χ1v) is 6.69. The van der Waals surface area contributed by atoms with Gasteiger partial charge in [-0.25, -0.2) is 4.98 Å². The molecule has 1 aromatic heterocycles. The van der Waals surface area contributed by atoms with Gasteiger partial charge in [-0.05, 0) is 22.4 Å². The Morgan fingerprint density at radius 3 is 3.00 bits per heavy atom. The topological polar surface area (TPSA) is 44.2 Å². The molecule has 2 rings (SSSR count). The Hall–Kier alpha value is -0.680. The average molecular weight is 301 g/mol. The van der Waals surface area contributed by atoms with Gasteiger partial charge in [-0.2, -0.15) is 4.98 Å². The Morgan fingerprint density at radius 1 is 1.53 bits per heavy atom. The second-order valence-corrected chi connectivity index (χ2v) is 5.39. The van der Waals surface area contributed by atoms with E-state index in [1.807, 2.05) is 6.07 Å². The number of nitrogens with zero attached hydrogens (tertiary/aromatic N) is 2. The lowest BCUT2D eigenvalue weighted by Crippen LogP contribution is -2.13. The van der Waals surface area contributed by atoms with Crippen LogP contribution >= 0.6 is 15.9 Å². The molecule has 4 nitrogen and oxygen atoms in total. The maximum Gasteiger partial charge on any atom is 0.217 e. The fraction of sp³-hybridized carbons (Fsp3) is 0.667. The van der Waals surface area contributed by atoms with E-state index in [-0.39, 0.29) is 0 Å². The molecule has 1 aliphatic rings. The maximum absolute atomic E-state index is 5.70. The summed E-state index contributed by atoms with van der Waals surface area (Å²) < 4.78 is 11.8. The zero-order valence-electron chi connectivity index (χ0n) is 10.1. The van der Waals surface area contributed by atoms with Crippen LogP contribution in [0.5, 0.6) is 5.88 Å². The standard InChI is InChI=1S/C12H17BrN2O2/c1-8(2)12-14-10(13)5-11(15-12)17-7-9-3-4-16-6-9/h5,8-9H,3-4,6-7H2,1-2H3. The van der Waals surface area contributed by atoms with Gasteiger partial charge in [0.2, 0.25) is 5.88 Å². The number of halogens is 1. The SMILES string of the molecule is CC(C)c1nc(Br)cc(OCC2CCOC2)n1. The molecular weight excluding hydrogens is 284 g/mol. The van der Waals surface area contributed by atoms with E-state index in [1.54, 1.807) is 0 Å². The zero-order chi connectivity index (χ0) is 12.3. The first-order valence-electron chi connectivity index (χ1n) is 5.90. The van der Waals surface area contributed by atoms with E-state index in [0.717, 1.165) is 30.1 Å². The van der Waals surface area contributed by atoms with Crippen LogP contribution in [0.15, 0.2) is 10.7 Å². The van der Waals surface area contributed by atoms with Crippen LogP contribution < -0.4 is 4.74 Å². The third-order valence-electron chi connectivity index (χ3n) is 2.70. The number of aromatic nitrogens is 2. The molecule has 0 aliphatic carbocycles. The van der Waals surface area contributed by atoms with Gasteiger partial charge in [0.1, 0.15) is 10.4 Å². The molecule has 2 heterocycles. The second-order valence-electron chi connectivity index (χ2n) is 4.58. The maximum atomic E-state index is 5.70. The van der Waals surface area contributed by atoms with E-state index >= 15 is 0 Å². The van der Waals surface area contributed by atoms with Crippen molar-refractivity contribution in [2.45, 2.75) is 26.2 Å². The summed E-state index contributed by atoms with van der Waals surface area (Å²) >= 11 is 3.38. The molecule has 1 atom stereocenters. The quantitative estimate of drug-likeness (QED) is 0.802. The summed E-state index contributed by atoms with van der Waals surface area (Å²) in [6, 6.07) is 1.81. The van der Waals surface area contributed by atoms with Crippen molar-refractivity contribution in [2.75, 3.05) is 19.8 Å². The summed E-state index contributed by atoms with van der Waals surface area (Å²) in [6.07, 6.45) is 1.07. The van der Waals surface area contributed by atoms with Crippen molar-refractivity contribution < 1.29 is 9.47 Å². The van der Waals surface area contributed by atoms with Gasteiger partial charge in [0.25, 0.3) is 0 Å². The molecule has 1 fully saturated rings. The van der Waals surface area contributed by atoms with Crippen LogP contribution in [0.3, 0.4) is 0 Å². The Kier molecular flexibility index (Phi) is 4.34. The lowest BCUT2D eigenvalue weighted by atomic mass is 10.1. The second kappa shape index (κ2) is 5.78. The van der Waals surface area contributed by atoms with Crippen LogP contribution in [0, 0.1) is 5.92 Å². The Balaban J connectivity index is 1.99. The summed E-state index contributed by atoms with van der Waals surface area (Å²) in [6.45, 7) is 6.44. The van der Waals surface area contributed by atoms with E-state index in [1.165, 1.54) is 0 Å². The summed E-state index contributed by atoms with van der Waals surface area (Å²) in [5.41, 5.74) is 0. The Labute approximate surface area is 110 Å². The smallest absolute Gasteiger partial charge is 0.217 e. The molecule has 1 aliphatic heterocycles. The van der Waals surface area contributed by atoms with E-state index in [2.05, 4.69) is 39.7 Å². The molecule has 0 radical (unpaired) electrons. The Bertz CT molecular complexity index is 379. The van der Waals surface area contributed by atoms with E-state index in [0.29, 0.717) is 24.3 Å². The molecule has 0 bridgehead atoms. The van der Waals surface area contributed by atoms with E-state index in [9.17, 15) is 0 Å². The van der Waals surface area contributed by atoms with E-state index in [4.69, 9.17) is 9.47 Å². The van der Waals surface area contributed by atoms with Crippen molar-refractivity contribution in [1.29, 1.82) is 0 Å². The van der Waals surface area contributed by atoms with Crippen LogP contribution in [0.4, 0.5) is 0 Å². The highest BCUT2D eigenvalue weighted by atomic mass is 79.9. The predicted octanol–water partition coefficient (Wildman–Crippen LogP) is 2.78. The van der Waals surface area contributed by atoms with Crippen molar-refractivity contribution in [3.05, 3.63) is 16.5 Å². The highest BCUT2D eigenvalue weighted by Gasteiger charge is 2.17. The summed E-state index contributed by atoms with van der Waals surface area (Å²) in [7, 11) is 0. The fourth-order valence-electron chi connectivity index (χ4n) is 1.66. The zero-order valence-corrected chi connectivity index (χ0v) is 11.7. The lowest BCUT2D eigenvalue weighted by molar-refractivity contribution is 0.165. The van der Waals surface area contributed by atoms with Crippen molar-refractivity contribution in [1.82, 2.24) is 9.97 Å². The molecule has 17 heavy (non-hydrogen) atoms. The molecule has 0 spiro atoms. The summed E-state index contributed by atoms with van der Waals surface area (Å²) in [4.78, 5) is 8.70. The van der Waals surface area contributed by atoms with Gasteiger partial charge in [-0.3, -0.25) is 0 Å². The fourth-order valence-corrected chi connectivity index (χ4v) is 2.04. The van der Waals surface area contributed by atoms with Crippen molar-refractivity contribution in [2.24, 2.45) is 5.92 Å². The molecule has 5 heteroatoms. The summed E-state index contributed by atoms with van der Waals surface area (Å²) in [5.74, 6) is 2.23. The molecule has 1 aromatic rings. The first kappa shape index (κ1) is 12.8. The van der Waals surface area contributed by atoms with Crippen LogP contribution in [-0.2, 0) is 4.74 Å². The first-order chi connectivity index (χ1) is 8.15. The van der Waals surface area contributed by atoms with Crippen LogP contribution in [0.1, 0.15) is 32.0 Å². The highest BCUT2D eigenvalue weighted by molar-refractivity contribution is 9.10. The molecule has 0 N–H and O–H groups in total. The van der Waals surface area contributed by atoms with Gasteiger partial charge in [0.05, 0.1) is 13.2 Å². The van der Waals surface area contributed by atoms with Crippen molar-refractivity contribution >= 4 is 15.9 Å². The van der Waals surface area contributed by atoms with E-state index < -0.39 is 0 Å². The van der Waals surface area contributed by atoms with Crippen molar-refractivity contribution in [3.63, 3.8) is 0 Å². The van der Waals surface area contributed by atoms with Crippen LogP contribution in [0.25, 0.3) is 0 Å². The van der Waals surface area contributed by atoms with Gasteiger partial charge in [0.15, 0.2) is 0 Å². The lowest BCUT2D eigenvalue weighted by Gasteiger charge is -2.11. The van der Waals surface area contributed by atoms with Gasteiger partial charge < -0.3 is 9.47 Å². The van der Waals surface area contributed by atoms with Gasteiger partial charge in [0, 0.05) is 24.5 Å². The third kappa shape index (κ3) is 3.64. The van der Waals surface area contributed by atoms with Crippen LogP contribution in [0.2, 0.25) is 0 Å². The minimum absolute atomic E-state index is 0.296. The molecular formula is C12H17BrN2O2. The average Bonchev–Trinajstić information content (AvgIpc) is 2.78. The number of ether oxygens (including phenoxy) is 2. The predicted molar refractivity (Wildman–Crippen MR) is 68.2 cm³/mol. The van der Waals surface area contributed by atoms with Gasteiger partial charge in [-0.1, -0.05) is 13.8 Å². The molecule has 0 amide bonds. The Morgan fingerprint density at radius 2 is 2.35 bits per heavy atom. The molecule has 0 saturated carbocycles. The largest absolute Gasteiger partial charge is 0.477 e. The molecule has 0 aromatic carbocycles. The van der Waals surface area contributed by atoms with Crippen molar-refractivity contribution in [3.8, 4) is 5.88 Å². The highest BCUT2D eigenvalue weighted by Crippen LogP contribution is 2.20. The minimum atomic E-state index is 0.296. The number of hydrogen-bond donors (Lipinski definition) is 0. The van der Waals surface area contributed by atoms with Gasteiger partial charge in [-0.15, -0.1) is 0 Å². The summed E-state index contributed by atoms with van der Waals surface area (Å²) in [5, 5.41) is 0. The normalized spacial score (nSPS) is 19.9. The molecule has 1 saturated heterocycles. The molecule has 1 unspecified atom stereocenters. The minimum Gasteiger partial charge on any atom is -0.477 e. The third-order valence-corrected chi connectivity index (χ3v) is 3.10. The monoisotopic (exact) mass is 300 g/mol. The number of hydrogen-bond acceptors (Lipinski definition) is 4. The van der Waals surface area contributed by atoms with Gasteiger partial charge >= 0.3 is 0 Å².